The summed E-state index contributed by atoms with van der Waals surface area (Å²) in [6.07, 6.45) is 3.53. The van der Waals surface area contributed by atoms with Crippen molar-refractivity contribution in [3.63, 3.8) is 0 Å². The molecule has 0 spiro atoms. The molecule has 28 heavy (non-hydrogen) atoms. The zero-order valence-electron chi connectivity index (χ0n) is 15.0. The molecule has 0 bridgehead atoms. The molecule has 0 unspecified atom stereocenters. The number of H-pyrrole nitrogens is 1. The molecule has 1 N–H and O–H groups in total. The maximum Gasteiger partial charge on any atom is 0.270 e. The van der Waals surface area contributed by atoms with E-state index in [4.69, 9.17) is 17.0 Å². The molecular formula is C20H16N4O3S. The van der Waals surface area contributed by atoms with E-state index in [1.54, 1.807) is 16.7 Å². The van der Waals surface area contributed by atoms with E-state index >= 15 is 0 Å². The summed E-state index contributed by atoms with van der Waals surface area (Å²) in [6, 6.07) is 14.2. The summed E-state index contributed by atoms with van der Waals surface area (Å²) in [6.45, 7) is 2.55. The lowest BCUT2D eigenvalue weighted by Crippen LogP contribution is -1.93. The number of imidazole rings is 1. The van der Waals surface area contributed by atoms with Crippen LogP contribution in [-0.2, 0) is 0 Å². The van der Waals surface area contributed by atoms with Crippen molar-refractivity contribution in [1.29, 1.82) is 0 Å². The zero-order chi connectivity index (χ0) is 19.7. The lowest BCUT2D eigenvalue weighted by atomic mass is 10.1. The van der Waals surface area contributed by atoms with E-state index in [0.717, 1.165) is 28.2 Å². The van der Waals surface area contributed by atoms with Crippen LogP contribution in [0.5, 0.6) is 5.75 Å². The summed E-state index contributed by atoms with van der Waals surface area (Å²) in [5.74, 6) is 0.798. The molecule has 0 saturated heterocycles. The molecule has 4 aromatic rings. The van der Waals surface area contributed by atoms with Crippen LogP contribution in [0.3, 0.4) is 0 Å². The number of nitro benzene ring substituents is 1. The van der Waals surface area contributed by atoms with Gasteiger partial charge in [-0.2, -0.15) is 0 Å². The van der Waals surface area contributed by atoms with Gasteiger partial charge in [0.2, 0.25) is 4.77 Å². The highest BCUT2D eigenvalue weighted by molar-refractivity contribution is 7.71. The van der Waals surface area contributed by atoms with Crippen molar-refractivity contribution in [2.45, 2.75) is 6.92 Å². The van der Waals surface area contributed by atoms with Gasteiger partial charge in [-0.05, 0) is 36.8 Å². The lowest BCUT2D eigenvalue weighted by Gasteiger charge is -2.06. The fourth-order valence-electron chi connectivity index (χ4n) is 3.05. The van der Waals surface area contributed by atoms with Crippen molar-refractivity contribution in [2.75, 3.05) is 6.61 Å². The first kappa shape index (κ1) is 17.9. The minimum absolute atomic E-state index is 0.0321. The standard InChI is InChI=1S/C20H16N4O3S/c1-2-27-16-8-6-13(7-9-16)17-11-21-20(28)23-12-18(22-19(17)23)14-4-3-5-15(10-14)24(25)26/h3-12,22H,2H2,1H3. The van der Waals surface area contributed by atoms with Gasteiger partial charge in [0.1, 0.15) is 11.4 Å². The van der Waals surface area contributed by atoms with Gasteiger partial charge in [-0.3, -0.25) is 14.5 Å². The zero-order valence-corrected chi connectivity index (χ0v) is 15.8. The van der Waals surface area contributed by atoms with E-state index in [0.29, 0.717) is 16.9 Å². The number of aromatic nitrogens is 3. The van der Waals surface area contributed by atoms with Gasteiger partial charge in [0.25, 0.3) is 5.69 Å². The SMILES string of the molecule is CCOc1ccc(-c2cnc(=S)n3cc(-c4cccc([N+](=O)[O-])c4)[nH]c23)cc1. The molecule has 140 valence electrons. The van der Waals surface area contributed by atoms with Crippen LogP contribution in [0.25, 0.3) is 28.0 Å². The minimum Gasteiger partial charge on any atom is -0.494 e. The molecule has 0 aliphatic heterocycles. The molecule has 0 saturated carbocycles. The topological polar surface area (TPSA) is 85.5 Å². The Labute approximate surface area is 165 Å². The Bertz CT molecular complexity index is 1230. The number of nitro groups is 1. The molecule has 4 rings (SSSR count). The van der Waals surface area contributed by atoms with Crippen LogP contribution in [0, 0.1) is 14.9 Å². The lowest BCUT2D eigenvalue weighted by molar-refractivity contribution is -0.384. The van der Waals surface area contributed by atoms with E-state index in [2.05, 4.69) is 9.97 Å². The van der Waals surface area contributed by atoms with Crippen LogP contribution >= 0.6 is 12.2 Å². The summed E-state index contributed by atoms with van der Waals surface area (Å²) in [7, 11) is 0. The number of ether oxygens (including phenoxy) is 1. The summed E-state index contributed by atoms with van der Waals surface area (Å²) >= 11 is 5.35. The number of benzene rings is 2. The van der Waals surface area contributed by atoms with Crippen LogP contribution < -0.4 is 4.74 Å². The molecule has 0 aliphatic rings. The van der Waals surface area contributed by atoms with Crippen LogP contribution in [0.15, 0.2) is 60.9 Å². The Balaban J connectivity index is 1.84. The molecule has 0 fully saturated rings. The maximum absolute atomic E-state index is 11.1. The van der Waals surface area contributed by atoms with Crippen LogP contribution in [0.4, 0.5) is 5.69 Å². The molecule has 0 atom stereocenters. The highest BCUT2D eigenvalue weighted by Crippen LogP contribution is 2.29. The number of hydrogen-bond donors (Lipinski definition) is 1. The molecule has 0 radical (unpaired) electrons. The second kappa shape index (κ2) is 7.24. The second-order valence-corrected chi connectivity index (χ2v) is 6.47. The van der Waals surface area contributed by atoms with E-state index < -0.39 is 4.92 Å². The van der Waals surface area contributed by atoms with E-state index in [-0.39, 0.29) is 5.69 Å². The van der Waals surface area contributed by atoms with Crippen molar-refractivity contribution in [2.24, 2.45) is 0 Å². The first-order valence-electron chi connectivity index (χ1n) is 8.65. The largest absolute Gasteiger partial charge is 0.494 e. The Morgan fingerprint density at radius 2 is 2.00 bits per heavy atom. The van der Waals surface area contributed by atoms with E-state index in [1.807, 2.05) is 43.5 Å². The van der Waals surface area contributed by atoms with Crippen LogP contribution in [0.2, 0.25) is 0 Å². The molecule has 8 heteroatoms. The van der Waals surface area contributed by atoms with Crippen LogP contribution in [0.1, 0.15) is 6.92 Å². The molecule has 2 aromatic carbocycles. The molecule has 2 heterocycles. The summed E-state index contributed by atoms with van der Waals surface area (Å²) in [5, 5.41) is 11.1. The molecule has 7 nitrogen and oxygen atoms in total. The van der Waals surface area contributed by atoms with E-state index in [9.17, 15) is 10.1 Å². The first-order valence-corrected chi connectivity index (χ1v) is 9.06. The summed E-state index contributed by atoms with van der Waals surface area (Å²) in [5.41, 5.74) is 4.04. The van der Waals surface area contributed by atoms with Gasteiger partial charge in [-0.1, -0.05) is 24.3 Å². The molecule has 0 amide bonds. The third kappa shape index (κ3) is 3.25. The quantitative estimate of drug-likeness (QED) is 0.292. The van der Waals surface area contributed by atoms with Crippen LogP contribution in [-0.4, -0.2) is 25.9 Å². The molecule has 2 aromatic heterocycles. The molecule has 0 aliphatic carbocycles. The fraction of sp³-hybridized carbons (Fsp3) is 0.100. The highest BCUT2D eigenvalue weighted by atomic mass is 32.1. The number of nitrogens with one attached hydrogen (secondary N) is 1. The Hall–Kier alpha value is -3.52. The number of nitrogens with zero attached hydrogens (tertiary/aromatic N) is 3. The van der Waals surface area contributed by atoms with Crippen molar-refractivity contribution < 1.29 is 9.66 Å². The smallest absolute Gasteiger partial charge is 0.270 e. The third-order valence-electron chi connectivity index (χ3n) is 4.36. The van der Waals surface area contributed by atoms with Crippen molar-refractivity contribution in [3.05, 3.63) is 75.8 Å². The van der Waals surface area contributed by atoms with Crippen molar-refractivity contribution in [3.8, 4) is 28.1 Å². The van der Waals surface area contributed by atoms with Crippen molar-refractivity contribution in [1.82, 2.24) is 14.4 Å². The fourth-order valence-corrected chi connectivity index (χ4v) is 3.24. The van der Waals surface area contributed by atoms with Gasteiger partial charge in [0, 0.05) is 35.7 Å². The van der Waals surface area contributed by atoms with Crippen molar-refractivity contribution >= 4 is 23.6 Å². The average molecular weight is 392 g/mol. The second-order valence-electron chi connectivity index (χ2n) is 6.11. The maximum atomic E-state index is 11.1. The number of rotatable bonds is 5. The number of fused-ring (bicyclic) bond motifs is 1. The summed E-state index contributed by atoms with van der Waals surface area (Å²) in [4.78, 5) is 18.3. The Morgan fingerprint density at radius 1 is 1.21 bits per heavy atom. The number of hydrogen-bond acceptors (Lipinski definition) is 5. The Morgan fingerprint density at radius 3 is 2.71 bits per heavy atom. The number of aromatic amines is 1. The average Bonchev–Trinajstić information content (AvgIpc) is 3.16. The monoisotopic (exact) mass is 392 g/mol. The third-order valence-corrected chi connectivity index (χ3v) is 4.66. The van der Waals surface area contributed by atoms with Gasteiger partial charge in [-0.25, -0.2) is 4.98 Å². The predicted octanol–water partition coefficient (Wildman–Crippen LogP) is 5.03. The predicted molar refractivity (Wildman–Crippen MR) is 109 cm³/mol. The summed E-state index contributed by atoms with van der Waals surface area (Å²) < 4.78 is 7.67. The van der Waals surface area contributed by atoms with E-state index in [1.165, 1.54) is 12.1 Å². The molecular weight excluding hydrogens is 376 g/mol. The first-order chi connectivity index (χ1) is 13.6. The van der Waals surface area contributed by atoms with Gasteiger partial charge in [0.05, 0.1) is 17.2 Å². The highest BCUT2D eigenvalue weighted by Gasteiger charge is 2.13. The van der Waals surface area contributed by atoms with Gasteiger partial charge < -0.3 is 9.72 Å². The van der Waals surface area contributed by atoms with Gasteiger partial charge in [0.15, 0.2) is 0 Å². The number of non-ortho nitro benzene ring substituents is 1. The van der Waals surface area contributed by atoms with Gasteiger partial charge in [-0.15, -0.1) is 0 Å². The minimum atomic E-state index is -0.412. The van der Waals surface area contributed by atoms with Gasteiger partial charge >= 0.3 is 0 Å². The Kier molecular flexibility index (Phi) is 4.62. The normalized spacial score (nSPS) is 10.9.